The molecule has 0 saturated carbocycles. The van der Waals surface area contributed by atoms with Crippen LogP contribution >= 0.6 is 113 Å². The topological polar surface area (TPSA) is 669 Å². The quantitative estimate of drug-likeness (QED) is 0.0185. The molecular formula is C85H120I5N15O30. The van der Waals surface area contributed by atoms with Crippen molar-refractivity contribution in [2.24, 2.45) is 0 Å². The molecule has 5 aromatic carbocycles. The van der Waals surface area contributed by atoms with Crippen LogP contribution in [0.3, 0.4) is 0 Å². The Balaban J connectivity index is -0.000000517. The summed E-state index contributed by atoms with van der Waals surface area (Å²) >= 11 is 9.27. The average molecular weight is 2470 g/mol. The largest absolute Gasteiger partial charge is 0.480 e. The fourth-order valence-electron chi connectivity index (χ4n) is 9.05. The highest BCUT2D eigenvalue weighted by Crippen LogP contribution is 2.08. The highest BCUT2D eigenvalue weighted by Gasteiger charge is 2.28. The van der Waals surface area contributed by atoms with Crippen molar-refractivity contribution in [1.29, 1.82) is 0 Å². The maximum atomic E-state index is 12.1. The summed E-state index contributed by atoms with van der Waals surface area (Å²) in [5.74, 6) is -13.9. The fourth-order valence-corrected chi connectivity index (χ4v) is 10.4. The first-order valence-electron chi connectivity index (χ1n) is 38.3. The molecule has 20 N–H and O–H groups in total. The van der Waals surface area contributed by atoms with Crippen LogP contribution in [0.2, 0.25) is 0 Å². The maximum Gasteiger partial charge on any atom is 0.322 e. The minimum absolute atomic E-state index is 0. The molecule has 5 unspecified atom stereocenters. The smallest absolute Gasteiger partial charge is 0.322 e. The Morgan fingerprint density at radius 1 is 0.207 bits per heavy atom. The van der Waals surface area contributed by atoms with E-state index in [1.807, 2.05) is 265 Å². The first-order chi connectivity index (χ1) is 62.1. The lowest BCUT2D eigenvalue weighted by atomic mass is 10.2. The van der Waals surface area contributed by atoms with Crippen LogP contribution in [0.4, 0.5) is 0 Å². The number of carbonyl (C=O) groups excluding carboxylic acids is 15. The number of amides is 15. The van der Waals surface area contributed by atoms with E-state index in [4.69, 9.17) is 49.2 Å². The van der Waals surface area contributed by atoms with Crippen LogP contribution in [0.15, 0.2) is 152 Å². The maximum absolute atomic E-state index is 12.1. The Hall–Kier alpha value is -11.1. The van der Waals surface area contributed by atoms with Crippen molar-refractivity contribution in [3.05, 3.63) is 179 Å². The normalized spacial score (nSPS) is 10.9. The molecule has 0 bridgehead atoms. The van der Waals surface area contributed by atoms with Gasteiger partial charge in [0.15, 0.2) is 0 Å². The second-order valence-corrected chi connectivity index (χ2v) is 29.5. The van der Waals surface area contributed by atoms with Gasteiger partial charge in [-0.2, -0.15) is 0 Å². The molecule has 0 aliphatic rings. The van der Waals surface area contributed by atoms with Crippen LogP contribution in [0.25, 0.3) is 0 Å². The summed E-state index contributed by atoms with van der Waals surface area (Å²) in [5.41, 5.74) is 4.43. The molecule has 0 spiro atoms. The summed E-state index contributed by atoms with van der Waals surface area (Å²) in [7, 11) is 0. The van der Waals surface area contributed by atoms with Crippen molar-refractivity contribution in [3.63, 3.8) is 0 Å². The number of carboxylic acid groups (broad SMARTS) is 5. The van der Waals surface area contributed by atoms with Gasteiger partial charge in [0.25, 0.3) is 0 Å². The van der Waals surface area contributed by atoms with Gasteiger partial charge in [-0.25, -0.2) is 0 Å². The number of hydrogen-bond donors (Lipinski definition) is 20. The minimum Gasteiger partial charge on any atom is -0.480 e. The Morgan fingerprint density at radius 3 is 0.459 bits per heavy atom. The van der Waals surface area contributed by atoms with Crippen molar-refractivity contribution in [3.8, 4) is 0 Å². The standard InChI is InChI=1S/5C16H20IN3O6.5CH4/c5*17-6-13(21)18-7-14(22)20-12(16(25)19-8-15(23)24)10-26-9-11-4-2-1-3-5-11;;;;;/h5*1-5,12H,6-10H2,(H,18,21)(H,19,25)(H,20,22)(H,23,24);5*1H4. The molecule has 5 rings (SSSR count). The van der Waals surface area contributed by atoms with Gasteiger partial charge in [-0.1, -0.05) is 302 Å². The molecule has 0 aromatic heterocycles. The van der Waals surface area contributed by atoms with E-state index in [0.29, 0.717) is 0 Å². The number of carboxylic acids is 5. The summed E-state index contributed by atoms with van der Waals surface area (Å²) in [6, 6.07) is 40.7. The Labute approximate surface area is 849 Å². The van der Waals surface area contributed by atoms with Crippen molar-refractivity contribution in [1.82, 2.24) is 79.8 Å². The third-order valence-corrected chi connectivity index (χ3v) is 18.6. The first kappa shape index (κ1) is 132. The average Bonchev–Trinajstić information content (AvgIpc) is 0.920. The number of halogens is 5. The molecule has 0 aliphatic carbocycles. The number of rotatable bonds is 55. The van der Waals surface area contributed by atoms with Crippen molar-refractivity contribution in [2.45, 2.75) is 100 Å². The van der Waals surface area contributed by atoms with E-state index in [9.17, 15) is 95.9 Å². The second kappa shape index (κ2) is 82.4. The van der Waals surface area contributed by atoms with E-state index < -0.39 is 152 Å². The predicted molar refractivity (Wildman–Crippen MR) is 537 cm³/mol. The van der Waals surface area contributed by atoms with E-state index in [1.54, 1.807) is 0 Å². The van der Waals surface area contributed by atoms with E-state index in [2.05, 4.69) is 79.8 Å². The van der Waals surface area contributed by atoms with Gasteiger partial charge >= 0.3 is 29.8 Å². The molecule has 5 atom stereocenters. The van der Waals surface area contributed by atoms with Crippen molar-refractivity contribution in [2.75, 3.05) is 121 Å². The Kier molecular flexibility index (Phi) is 80.8. The summed E-state index contributed by atoms with van der Waals surface area (Å²) in [6.45, 7) is -3.91. The van der Waals surface area contributed by atoms with Crippen molar-refractivity contribution >= 4 is 231 Å². The van der Waals surface area contributed by atoms with E-state index in [0.717, 1.165) is 27.8 Å². The molecule has 750 valence electrons. The molecule has 0 aliphatic heterocycles. The van der Waals surface area contributed by atoms with E-state index >= 15 is 0 Å². The van der Waals surface area contributed by atoms with Crippen LogP contribution in [-0.2, 0) is 153 Å². The third kappa shape index (κ3) is 71.2. The van der Waals surface area contributed by atoms with Crippen LogP contribution in [0.1, 0.15) is 65.0 Å². The first-order valence-corrected chi connectivity index (χ1v) is 45.9. The molecular weight excluding hydrogens is 2350 g/mol. The van der Waals surface area contributed by atoms with Gasteiger partial charge in [0.2, 0.25) is 88.6 Å². The second-order valence-electron chi connectivity index (χ2n) is 25.7. The molecule has 45 nitrogen and oxygen atoms in total. The van der Waals surface area contributed by atoms with Gasteiger partial charge in [-0.3, -0.25) is 95.9 Å². The molecule has 0 radical (unpaired) electrons. The van der Waals surface area contributed by atoms with Gasteiger partial charge in [0.1, 0.15) is 62.9 Å². The van der Waals surface area contributed by atoms with E-state index in [1.165, 1.54) is 0 Å². The van der Waals surface area contributed by atoms with Gasteiger partial charge in [0, 0.05) is 0 Å². The summed E-state index contributed by atoms with van der Waals surface area (Å²) in [4.78, 5) is 228. The van der Waals surface area contributed by atoms with Crippen molar-refractivity contribution < 1.29 is 145 Å². The molecule has 50 heteroatoms. The number of hydrogen-bond acceptors (Lipinski definition) is 25. The highest BCUT2D eigenvalue weighted by atomic mass is 127. The predicted octanol–water partition coefficient (Wildman–Crippen LogP) is 0.380. The lowest BCUT2D eigenvalue weighted by molar-refractivity contribution is -0.139. The number of benzene rings is 5. The number of carbonyl (C=O) groups is 20. The Bertz CT molecular complexity index is 3770. The summed E-state index contributed by atoms with van der Waals surface area (Å²) < 4.78 is 28.2. The molecule has 135 heavy (non-hydrogen) atoms. The highest BCUT2D eigenvalue weighted by molar-refractivity contribution is 14.1. The lowest BCUT2D eigenvalue weighted by Gasteiger charge is -2.18. The zero-order valence-corrected chi connectivity index (χ0v) is 80.1. The summed E-state index contributed by atoms with van der Waals surface area (Å²) in [5, 5.41) is 78.2. The third-order valence-electron chi connectivity index (χ3n) is 15.1. The molecule has 0 heterocycles. The minimum atomic E-state index is -1.21. The van der Waals surface area contributed by atoms with Crippen LogP contribution in [0.5, 0.6) is 0 Å². The molecule has 0 saturated heterocycles. The van der Waals surface area contributed by atoms with Crippen LogP contribution in [-0.4, -0.2) is 295 Å². The number of nitrogens with one attached hydrogen (secondary N) is 15. The monoisotopic (exact) mass is 2470 g/mol. The zero-order chi connectivity index (χ0) is 96.8. The molecule has 15 amide bonds. The van der Waals surface area contributed by atoms with E-state index in [-0.39, 0.29) is 188 Å². The van der Waals surface area contributed by atoms with Gasteiger partial charge < -0.3 is 129 Å². The van der Waals surface area contributed by atoms with Gasteiger partial charge in [-0.15, -0.1) is 0 Å². The van der Waals surface area contributed by atoms with Crippen LogP contribution < -0.4 is 79.8 Å². The fraction of sp³-hybridized carbons (Fsp3) is 0.412. The zero-order valence-electron chi connectivity index (χ0n) is 69.3. The van der Waals surface area contributed by atoms with Gasteiger partial charge in [0.05, 0.1) is 121 Å². The molecule has 0 fully saturated rings. The summed E-state index contributed by atoms with van der Waals surface area (Å²) in [6.07, 6.45) is 0. The Morgan fingerprint density at radius 2 is 0.341 bits per heavy atom. The van der Waals surface area contributed by atoms with Crippen LogP contribution in [0, 0.1) is 0 Å². The number of alkyl halides is 5. The SMILES string of the molecule is C.C.C.C.C.O=C(O)CNC(=O)C(COCc1ccccc1)NC(=O)CNC(=O)CI.O=C(O)CNC(=O)C(COCc1ccccc1)NC(=O)CNC(=O)CI.O=C(O)CNC(=O)C(COCc1ccccc1)NC(=O)CNC(=O)CI.O=C(O)CNC(=O)C(COCc1ccccc1)NC(=O)CNC(=O)CI.O=C(O)CNC(=O)C(COCc1ccccc1)NC(=O)CNC(=O)CI. The number of ether oxygens (including phenoxy) is 5. The molecule has 5 aromatic rings. The number of aliphatic carboxylic acids is 5. The lowest BCUT2D eigenvalue weighted by Crippen LogP contribution is -2.52. The van der Waals surface area contributed by atoms with Gasteiger partial charge in [-0.05, 0) is 27.8 Å².